The van der Waals surface area contributed by atoms with Crippen LogP contribution in [0.4, 0.5) is 4.39 Å². The van der Waals surface area contributed by atoms with E-state index in [-0.39, 0.29) is 16.6 Å². The topological polar surface area (TPSA) is 33.2 Å². The van der Waals surface area contributed by atoms with E-state index in [1.807, 2.05) is 6.92 Å². The number of rotatable bonds is 4. The average molecular weight is 257 g/mol. The molecule has 0 aromatic carbocycles. The van der Waals surface area contributed by atoms with Crippen LogP contribution in [0.1, 0.15) is 36.5 Å². The standard InChI is InChI=1S/C12H14ClFN2O/c1-2-5-16(9-3-4-9)12(17)10-6-8(14)7-15-11(10)13/h6-7,9H,2-5H2,1H3. The molecule has 92 valence electrons. The maximum atomic E-state index is 13.1. The summed E-state index contributed by atoms with van der Waals surface area (Å²) in [6.45, 7) is 2.68. The van der Waals surface area contributed by atoms with Gasteiger partial charge >= 0.3 is 0 Å². The number of aromatic nitrogens is 1. The van der Waals surface area contributed by atoms with Gasteiger partial charge in [0.05, 0.1) is 11.8 Å². The zero-order valence-electron chi connectivity index (χ0n) is 9.62. The van der Waals surface area contributed by atoms with Gasteiger partial charge in [-0.1, -0.05) is 18.5 Å². The molecule has 0 atom stereocenters. The van der Waals surface area contributed by atoms with Crippen LogP contribution in [0, 0.1) is 5.82 Å². The van der Waals surface area contributed by atoms with Gasteiger partial charge in [-0.05, 0) is 25.3 Å². The van der Waals surface area contributed by atoms with Crippen molar-refractivity contribution in [1.29, 1.82) is 0 Å². The van der Waals surface area contributed by atoms with Crippen molar-refractivity contribution >= 4 is 17.5 Å². The van der Waals surface area contributed by atoms with Gasteiger partial charge in [0.1, 0.15) is 11.0 Å². The van der Waals surface area contributed by atoms with Crippen LogP contribution in [0.15, 0.2) is 12.3 Å². The third-order valence-electron chi connectivity index (χ3n) is 2.75. The van der Waals surface area contributed by atoms with Crippen LogP contribution in [0.5, 0.6) is 0 Å². The molecule has 5 heteroatoms. The van der Waals surface area contributed by atoms with Gasteiger partial charge in [-0.15, -0.1) is 0 Å². The number of halogens is 2. The van der Waals surface area contributed by atoms with Crippen molar-refractivity contribution in [3.05, 3.63) is 28.8 Å². The van der Waals surface area contributed by atoms with E-state index >= 15 is 0 Å². The molecule has 17 heavy (non-hydrogen) atoms. The molecular formula is C12H14ClFN2O. The highest BCUT2D eigenvalue weighted by Crippen LogP contribution is 2.29. The molecule has 0 bridgehead atoms. The van der Waals surface area contributed by atoms with Crippen LogP contribution < -0.4 is 0 Å². The molecule has 1 amide bonds. The van der Waals surface area contributed by atoms with E-state index in [0.29, 0.717) is 12.6 Å². The van der Waals surface area contributed by atoms with Crippen molar-refractivity contribution in [3.63, 3.8) is 0 Å². The molecule has 1 fully saturated rings. The van der Waals surface area contributed by atoms with Gasteiger partial charge in [0.2, 0.25) is 0 Å². The van der Waals surface area contributed by atoms with Crippen LogP contribution in [-0.2, 0) is 0 Å². The molecule has 0 saturated heterocycles. The third-order valence-corrected chi connectivity index (χ3v) is 3.05. The van der Waals surface area contributed by atoms with Crippen molar-refractivity contribution in [3.8, 4) is 0 Å². The fourth-order valence-electron chi connectivity index (χ4n) is 1.80. The minimum atomic E-state index is -0.537. The zero-order valence-corrected chi connectivity index (χ0v) is 10.4. The van der Waals surface area contributed by atoms with Crippen LogP contribution in [0.25, 0.3) is 0 Å². The molecule has 1 saturated carbocycles. The van der Waals surface area contributed by atoms with Crippen molar-refractivity contribution in [2.75, 3.05) is 6.54 Å². The minimum absolute atomic E-state index is 0.0677. The highest BCUT2D eigenvalue weighted by atomic mass is 35.5. The Morgan fingerprint density at radius 2 is 2.35 bits per heavy atom. The molecule has 0 N–H and O–H groups in total. The molecule has 0 unspecified atom stereocenters. The second-order valence-corrected chi connectivity index (χ2v) is 4.58. The summed E-state index contributed by atoms with van der Waals surface area (Å²) in [7, 11) is 0. The summed E-state index contributed by atoms with van der Waals surface area (Å²) in [5.41, 5.74) is 0.159. The van der Waals surface area contributed by atoms with E-state index in [4.69, 9.17) is 11.6 Å². The Balaban J connectivity index is 2.24. The summed E-state index contributed by atoms with van der Waals surface area (Å²) in [6.07, 6.45) is 3.93. The summed E-state index contributed by atoms with van der Waals surface area (Å²) in [5, 5.41) is 0.0677. The van der Waals surface area contributed by atoms with Crippen molar-refractivity contribution in [2.45, 2.75) is 32.2 Å². The lowest BCUT2D eigenvalue weighted by molar-refractivity contribution is 0.0742. The molecule has 0 spiro atoms. The molecule has 3 nitrogen and oxygen atoms in total. The summed E-state index contributed by atoms with van der Waals surface area (Å²) in [6, 6.07) is 1.45. The van der Waals surface area contributed by atoms with Crippen LogP contribution in [-0.4, -0.2) is 28.4 Å². The second-order valence-electron chi connectivity index (χ2n) is 4.22. The monoisotopic (exact) mass is 256 g/mol. The number of carbonyl (C=O) groups is 1. The average Bonchev–Trinajstić information content (AvgIpc) is 3.12. The normalized spacial score (nSPS) is 14.8. The predicted octanol–water partition coefficient (Wildman–Crippen LogP) is 2.89. The fraction of sp³-hybridized carbons (Fsp3) is 0.500. The van der Waals surface area contributed by atoms with Gasteiger partial charge in [0.15, 0.2) is 0 Å². The maximum Gasteiger partial charge on any atom is 0.257 e. The molecule has 1 aromatic heterocycles. The number of hydrogen-bond donors (Lipinski definition) is 0. The Kier molecular flexibility index (Phi) is 3.62. The van der Waals surface area contributed by atoms with Gasteiger partial charge in [-0.2, -0.15) is 0 Å². The predicted molar refractivity (Wildman–Crippen MR) is 63.6 cm³/mol. The number of pyridine rings is 1. The van der Waals surface area contributed by atoms with E-state index in [9.17, 15) is 9.18 Å². The lowest BCUT2D eigenvalue weighted by atomic mass is 10.2. The van der Waals surface area contributed by atoms with E-state index in [0.717, 1.165) is 31.5 Å². The number of hydrogen-bond acceptors (Lipinski definition) is 2. The first-order chi connectivity index (χ1) is 8.13. The molecule has 1 aliphatic carbocycles. The van der Waals surface area contributed by atoms with Crippen LogP contribution in [0.2, 0.25) is 5.15 Å². The molecule has 1 aliphatic rings. The molecule has 1 heterocycles. The highest BCUT2D eigenvalue weighted by molar-refractivity contribution is 6.32. The number of amides is 1. The quantitative estimate of drug-likeness (QED) is 0.776. The fourth-order valence-corrected chi connectivity index (χ4v) is 1.99. The van der Waals surface area contributed by atoms with Gasteiger partial charge < -0.3 is 4.90 Å². The third kappa shape index (κ3) is 2.75. The molecule has 0 radical (unpaired) electrons. The first-order valence-electron chi connectivity index (χ1n) is 5.75. The Morgan fingerprint density at radius 1 is 1.65 bits per heavy atom. The zero-order chi connectivity index (χ0) is 12.4. The van der Waals surface area contributed by atoms with E-state index in [2.05, 4.69) is 4.98 Å². The van der Waals surface area contributed by atoms with Gasteiger partial charge in [-0.3, -0.25) is 4.79 Å². The molecule has 1 aromatic rings. The number of nitrogens with zero attached hydrogens (tertiary/aromatic N) is 2. The van der Waals surface area contributed by atoms with Gasteiger partial charge in [0.25, 0.3) is 5.91 Å². The Labute approximate surface area is 105 Å². The lowest BCUT2D eigenvalue weighted by Gasteiger charge is -2.22. The van der Waals surface area contributed by atoms with E-state index in [1.54, 1.807) is 4.90 Å². The lowest BCUT2D eigenvalue weighted by Crippen LogP contribution is -2.34. The van der Waals surface area contributed by atoms with Crippen molar-refractivity contribution in [2.24, 2.45) is 0 Å². The maximum absolute atomic E-state index is 13.1. The Bertz CT molecular complexity index is 435. The first kappa shape index (κ1) is 12.3. The van der Waals surface area contributed by atoms with Crippen molar-refractivity contribution in [1.82, 2.24) is 9.88 Å². The molecule has 0 aliphatic heterocycles. The van der Waals surface area contributed by atoms with Gasteiger partial charge in [-0.25, -0.2) is 9.37 Å². The van der Waals surface area contributed by atoms with Crippen LogP contribution >= 0.6 is 11.6 Å². The summed E-state index contributed by atoms with van der Waals surface area (Å²) >= 11 is 5.84. The number of carbonyl (C=O) groups excluding carboxylic acids is 1. The molecule has 2 rings (SSSR count). The van der Waals surface area contributed by atoms with E-state index in [1.165, 1.54) is 0 Å². The summed E-state index contributed by atoms with van der Waals surface area (Å²) in [5.74, 6) is -0.753. The van der Waals surface area contributed by atoms with Crippen LogP contribution in [0.3, 0.4) is 0 Å². The summed E-state index contributed by atoms with van der Waals surface area (Å²) < 4.78 is 13.1. The SMILES string of the molecule is CCCN(C(=O)c1cc(F)cnc1Cl)C1CC1. The highest BCUT2D eigenvalue weighted by Gasteiger charge is 2.33. The minimum Gasteiger partial charge on any atom is -0.336 e. The molecular weight excluding hydrogens is 243 g/mol. The summed E-state index contributed by atoms with van der Waals surface area (Å²) in [4.78, 5) is 17.7. The smallest absolute Gasteiger partial charge is 0.257 e. The Morgan fingerprint density at radius 3 is 2.94 bits per heavy atom. The second kappa shape index (κ2) is 5.00. The first-order valence-corrected chi connectivity index (χ1v) is 6.13. The largest absolute Gasteiger partial charge is 0.336 e. The van der Waals surface area contributed by atoms with Crippen molar-refractivity contribution < 1.29 is 9.18 Å². The Hall–Kier alpha value is -1.16. The van der Waals surface area contributed by atoms with E-state index < -0.39 is 5.82 Å². The van der Waals surface area contributed by atoms with Gasteiger partial charge in [0, 0.05) is 12.6 Å².